The van der Waals surface area contributed by atoms with Crippen LogP contribution in [0.25, 0.3) is 0 Å². The van der Waals surface area contributed by atoms with Gasteiger partial charge in [-0.05, 0) is 54.4 Å². The molecule has 0 aromatic heterocycles. The maximum absolute atomic E-state index is 14.7. The number of carbonyl (C=O) groups is 2. The number of benzene rings is 1. The fourth-order valence-electron chi connectivity index (χ4n) is 5.22. The molecule has 138 valence electrons. The summed E-state index contributed by atoms with van der Waals surface area (Å²) in [6.07, 6.45) is 3.55. The van der Waals surface area contributed by atoms with E-state index in [0.717, 1.165) is 30.4 Å². The van der Waals surface area contributed by atoms with Crippen molar-refractivity contribution in [2.75, 3.05) is 0 Å². The molecule has 3 unspecified atom stereocenters. The third-order valence-corrected chi connectivity index (χ3v) is 6.43. The number of nitrogens with zero attached hydrogens (tertiary/aromatic N) is 1. The average Bonchev–Trinajstić information content (AvgIpc) is 2.98. The van der Waals surface area contributed by atoms with Crippen LogP contribution < -0.4 is 10.6 Å². The van der Waals surface area contributed by atoms with Crippen LogP contribution in [-0.2, 0) is 22.7 Å². The standard InChI is InChI=1S/C19H21F2N3O2/c20-14-5-10-7-24(15-1-2-16(25)23-19(15)26)8-13(10)17(18(14)21)9-3-11-6-12(4-9)22-11/h5,9,11-12,15,22H,1-4,6-8H2,(H,23,25,26). The molecule has 4 heterocycles. The lowest BCUT2D eigenvalue weighted by atomic mass is 9.72. The second-order valence-electron chi connectivity index (χ2n) is 8.06. The molecule has 4 aliphatic heterocycles. The number of fused-ring (bicyclic) bond motifs is 3. The molecule has 2 N–H and O–H groups in total. The van der Waals surface area contributed by atoms with Gasteiger partial charge in [0.25, 0.3) is 0 Å². The first kappa shape index (κ1) is 16.3. The Morgan fingerprint density at radius 2 is 1.81 bits per heavy atom. The van der Waals surface area contributed by atoms with Crippen LogP contribution in [0.15, 0.2) is 6.07 Å². The topological polar surface area (TPSA) is 61.4 Å². The number of hydrogen-bond donors (Lipinski definition) is 2. The largest absolute Gasteiger partial charge is 0.311 e. The molecule has 6 rings (SSSR count). The Kier molecular flexibility index (Phi) is 3.66. The zero-order valence-electron chi connectivity index (χ0n) is 14.4. The van der Waals surface area contributed by atoms with Gasteiger partial charge in [0.15, 0.2) is 11.6 Å². The highest BCUT2D eigenvalue weighted by atomic mass is 19.2. The van der Waals surface area contributed by atoms with E-state index < -0.39 is 17.7 Å². The minimum Gasteiger partial charge on any atom is -0.311 e. The Morgan fingerprint density at radius 1 is 1.08 bits per heavy atom. The van der Waals surface area contributed by atoms with E-state index in [2.05, 4.69) is 10.6 Å². The molecule has 3 atom stereocenters. The molecule has 1 aromatic rings. The van der Waals surface area contributed by atoms with E-state index in [1.807, 2.05) is 4.90 Å². The van der Waals surface area contributed by atoms with E-state index in [4.69, 9.17) is 0 Å². The minimum atomic E-state index is -0.795. The number of hydrogen-bond acceptors (Lipinski definition) is 4. The van der Waals surface area contributed by atoms with Gasteiger partial charge in [0, 0.05) is 31.6 Å². The van der Waals surface area contributed by atoms with E-state index in [-0.39, 0.29) is 17.7 Å². The van der Waals surface area contributed by atoms with Crippen molar-refractivity contribution >= 4 is 11.8 Å². The van der Waals surface area contributed by atoms with Crippen molar-refractivity contribution < 1.29 is 18.4 Å². The Bertz CT molecular complexity index is 796. The molecule has 1 aromatic carbocycles. The summed E-state index contributed by atoms with van der Waals surface area (Å²) in [6.45, 7) is 0.858. The van der Waals surface area contributed by atoms with Gasteiger partial charge in [-0.25, -0.2) is 8.78 Å². The van der Waals surface area contributed by atoms with E-state index >= 15 is 0 Å². The minimum absolute atomic E-state index is 0.0335. The number of amides is 2. The Hall–Kier alpha value is -1.86. The lowest BCUT2D eigenvalue weighted by molar-refractivity contribution is -0.137. The molecular formula is C19H21F2N3O2. The lowest BCUT2D eigenvalue weighted by Crippen LogP contribution is -2.57. The number of halogens is 2. The normalized spacial score (nSPS) is 33.6. The van der Waals surface area contributed by atoms with Crippen molar-refractivity contribution in [1.82, 2.24) is 15.5 Å². The van der Waals surface area contributed by atoms with Crippen LogP contribution in [-0.4, -0.2) is 34.8 Å². The summed E-state index contributed by atoms with van der Waals surface area (Å²) in [5, 5.41) is 5.81. The number of imide groups is 1. The van der Waals surface area contributed by atoms with Gasteiger partial charge in [-0.1, -0.05) is 0 Å². The SMILES string of the molecule is O=C1CCC(N2Cc3cc(F)c(F)c(C4CC5CC(C4)N5)c3C2)C(=O)N1. The molecular weight excluding hydrogens is 340 g/mol. The third-order valence-electron chi connectivity index (χ3n) is 6.43. The molecule has 0 spiro atoms. The van der Waals surface area contributed by atoms with Crippen LogP contribution >= 0.6 is 0 Å². The second-order valence-corrected chi connectivity index (χ2v) is 8.06. The monoisotopic (exact) mass is 361 g/mol. The molecule has 26 heavy (non-hydrogen) atoms. The number of nitrogens with one attached hydrogen (secondary N) is 2. The van der Waals surface area contributed by atoms with Gasteiger partial charge >= 0.3 is 0 Å². The summed E-state index contributed by atoms with van der Waals surface area (Å²) < 4.78 is 29.0. The molecule has 5 aliphatic rings. The van der Waals surface area contributed by atoms with E-state index in [0.29, 0.717) is 43.6 Å². The third kappa shape index (κ3) is 2.48. The first-order valence-corrected chi connectivity index (χ1v) is 9.33. The van der Waals surface area contributed by atoms with Crippen molar-refractivity contribution in [3.63, 3.8) is 0 Å². The van der Waals surface area contributed by atoms with Crippen LogP contribution in [0.5, 0.6) is 0 Å². The van der Waals surface area contributed by atoms with Crippen molar-refractivity contribution in [2.45, 2.75) is 69.2 Å². The van der Waals surface area contributed by atoms with Gasteiger partial charge in [0.2, 0.25) is 11.8 Å². The molecule has 1 saturated carbocycles. The fourth-order valence-corrected chi connectivity index (χ4v) is 5.22. The van der Waals surface area contributed by atoms with E-state index in [1.165, 1.54) is 6.07 Å². The number of carbonyl (C=O) groups excluding carboxylic acids is 2. The van der Waals surface area contributed by atoms with Crippen LogP contribution in [0.1, 0.15) is 54.7 Å². The average molecular weight is 361 g/mol. The quantitative estimate of drug-likeness (QED) is 0.787. The van der Waals surface area contributed by atoms with Crippen molar-refractivity contribution in [1.29, 1.82) is 0 Å². The molecule has 7 heteroatoms. The van der Waals surface area contributed by atoms with Gasteiger partial charge in [0.05, 0.1) is 6.04 Å². The van der Waals surface area contributed by atoms with Crippen molar-refractivity contribution in [3.05, 3.63) is 34.4 Å². The van der Waals surface area contributed by atoms with Crippen molar-refractivity contribution in [3.8, 4) is 0 Å². The van der Waals surface area contributed by atoms with Gasteiger partial charge < -0.3 is 5.32 Å². The molecule has 3 saturated heterocycles. The van der Waals surface area contributed by atoms with Crippen LogP contribution in [0.3, 0.4) is 0 Å². The van der Waals surface area contributed by atoms with Crippen LogP contribution in [0, 0.1) is 11.6 Å². The lowest BCUT2D eigenvalue weighted by Gasteiger charge is -2.47. The summed E-state index contributed by atoms with van der Waals surface area (Å²) >= 11 is 0. The first-order chi connectivity index (χ1) is 12.5. The van der Waals surface area contributed by atoms with Gasteiger partial charge in [-0.2, -0.15) is 0 Å². The Balaban J connectivity index is 1.45. The summed E-state index contributed by atoms with van der Waals surface area (Å²) in [5.41, 5.74) is 2.14. The second kappa shape index (κ2) is 5.82. The van der Waals surface area contributed by atoms with Gasteiger partial charge in [0.1, 0.15) is 0 Å². The van der Waals surface area contributed by atoms with Gasteiger partial charge in [-0.3, -0.25) is 19.8 Å². The van der Waals surface area contributed by atoms with Gasteiger partial charge in [-0.15, -0.1) is 0 Å². The molecule has 5 nitrogen and oxygen atoms in total. The first-order valence-electron chi connectivity index (χ1n) is 9.33. The predicted molar refractivity (Wildman–Crippen MR) is 89.1 cm³/mol. The van der Waals surface area contributed by atoms with Crippen molar-refractivity contribution in [2.24, 2.45) is 0 Å². The molecule has 0 radical (unpaired) electrons. The highest BCUT2D eigenvalue weighted by Crippen LogP contribution is 2.44. The summed E-state index contributed by atoms with van der Waals surface area (Å²) in [4.78, 5) is 25.5. The maximum Gasteiger partial charge on any atom is 0.243 e. The molecule has 1 aliphatic carbocycles. The molecule has 2 amide bonds. The number of rotatable bonds is 2. The zero-order chi connectivity index (χ0) is 18.0. The predicted octanol–water partition coefficient (Wildman–Crippen LogP) is 1.69. The summed E-state index contributed by atoms with van der Waals surface area (Å²) in [7, 11) is 0. The summed E-state index contributed by atoms with van der Waals surface area (Å²) in [5.74, 6) is -2.04. The Morgan fingerprint density at radius 3 is 2.50 bits per heavy atom. The highest BCUT2D eigenvalue weighted by molar-refractivity contribution is 6.00. The number of piperidine rings is 2. The van der Waals surface area contributed by atoms with E-state index in [1.54, 1.807) is 0 Å². The summed E-state index contributed by atoms with van der Waals surface area (Å²) in [6, 6.07) is 1.68. The Labute approximate surface area is 150 Å². The fraction of sp³-hybridized carbons (Fsp3) is 0.579. The zero-order valence-corrected chi connectivity index (χ0v) is 14.4. The van der Waals surface area contributed by atoms with E-state index in [9.17, 15) is 18.4 Å². The molecule has 4 fully saturated rings. The van der Waals surface area contributed by atoms with Crippen LogP contribution in [0.4, 0.5) is 8.78 Å². The van der Waals surface area contributed by atoms with Crippen LogP contribution in [0.2, 0.25) is 0 Å². The maximum atomic E-state index is 14.7. The molecule has 2 bridgehead atoms. The smallest absolute Gasteiger partial charge is 0.243 e. The highest BCUT2D eigenvalue weighted by Gasteiger charge is 2.42.